The number of hydrogen-bond donors (Lipinski definition) is 0. The minimum absolute atomic E-state index is 0.105. The van der Waals surface area contributed by atoms with E-state index in [0.717, 1.165) is 28.4 Å². The van der Waals surface area contributed by atoms with Gasteiger partial charge in [-0.05, 0) is 56.2 Å². The summed E-state index contributed by atoms with van der Waals surface area (Å²) in [7, 11) is 0. The smallest absolute Gasteiger partial charge is 0.165 e. The first kappa shape index (κ1) is 21.9. The number of fused-ring (bicyclic) bond motifs is 3. The Morgan fingerprint density at radius 2 is 1.24 bits per heavy atom. The number of benzene rings is 2. The lowest BCUT2D eigenvalue weighted by Gasteiger charge is -2.09. The molecule has 0 amide bonds. The fourth-order valence-corrected chi connectivity index (χ4v) is 4.56. The summed E-state index contributed by atoms with van der Waals surface area (Å²) < 4.78 is 2.22. The monoisotopic (exact) mass is 431 g/mol. The number of ketones is 2. The summed E-state index contributed by atoms with van der Waals surface area (Å²) in [6, 6.07) is 11.7. The van der Waals surface area contributed by atoms with Gasteiger partial charge in [0, 0.05) is 63.1 Å². The maximum absolute atomic E-state index is 12.8. The molecule has 0 fully saturated rings. The van der Waals surface area contributed by atoms with Crippen LogP contribution in [0, 0.1) is 11.8 Å². The second kappa shape index (κ2) is 9.32. The average molecular weight is 432 g/mol. The molecule has 0 aliphatic carbocycles. The summed E-state index contributed by atoms with van der Waals surface area (Å²) in [5.41, 5.74) is 3.53. The largest absolute Gasteiger partial charge is 0.341 e. The fraction of sp³-hybridized carbons (Fsp3) is 0.417. The van der Waals surface area contributed by atoms with Crippen LogP contribution < -0.4 is 0 Å². The van der Waals surface area contributed by atoms with Crippen molar-refractivity contribution in [2.45, 2.75) is 40.2 Å². The molecule has 3 aromatic rings. The Hall–Kier alpha value is -1.84. The Kier molecular flexibility index (Phi) is 7.02. The minimum Gasteiger partial charge on any atom is -0.341 e. The zero-order valence-corrected chi connectivity index (χ0v) is 18.7. The normalized spacial score (nSPS) is 13.7. The lowest BCUT2D eigenvalue weighted by molar-refractivity contribution is 0.0920. The highest BCUT2D eigenvalue weighted by molar-refractivity contribution is 6.18. The SMILES string of the molecule is CCn1c2ccc(C(=O)C(C)CCCl)cc2c2cc(C(=O)C(C)CCCl)ccc21. The summed E-state index contributed by atoms with van der Waals surface area (Å²) >= 11 is 11.6. The number of alkyl halides is 2. The number of carbonyl (C=O) groups is 2. The van der Waals surface area contributed by atoms with Crippen LogP contribution in [0.15, 0.2) is 36.4 Å². The number of Topliss-reactive ketones (excluding diaryl/α,β-unsaturated/α-hetero) is 2. The summed E-state index contributed by atoms with van der Waals surface area (Å²) in [5.74, 6) is 0.920. The van der Waals surface area contributed by atoms with Crippen LogP contribution in [-0.2, 0) is 6.54 Å². The third-order valence-corrected chi connectivity index (χ3v) is 6.17. The van der Waals surface area contributed by atoms with E-state index in [1.165, 1.54) is 0 Å². The molecule has 1 aromatic heterocycles. The molecule has 5 heteroatoms. The van der Waals surface area contributed by atoms with Crippen LogP contribution in [0.2, 0.25) is 0 Å². The topological polar surface area (TPSA) is 39.1 Å². The molecule has 3 rings (SSSR count). The molecule has 2 aromatic carbocycles. The molecule has 1 heterocycles. The van der Waals surface area contributed by atoms with Crippen LogP contribution in [0.3, 0.4) is 0 Å². The standard InChI is InChI=1S/C24H27Cl2NO2/c1-4-27-21-7-5-17(23(28)15(2)9-11-25)13-19(21)20-14-18(6-8-22(20)27)24(29)16(3)10-12-26/h5-8,13-16H,4,9-12H2,1-3H3. The highest BCUT2D eigenvalue weighted by Gasteiger charge is 2.19. The molecule has 0 aliphatic rings. The maximum atomic E-state index is 12.8. The van der Waals surface area contributed by atoms with Crippen molar-refractivity contribution < 1.29 is 9.59 Å². The highest BCUT2D eigenvalue weighted by atomic mass is 35.5. The summed E-state index contributed by atoms with van der Waals surface area (Å²) in [6.45, 7) is 6.74. The number of aromatic nitrogens is 1. The van der Waals surface area contributed by atoms with E-state index in [0.29, 0.717) is 35.7 Å². The second-order valence-electron chi connectivity index (χ2n) is 7.69. The molecule has 0 saturated carbocycles. The van der Waals surface area contributed by atoms with E-state index in [1.807, 2.05) is 50.2 Å². The van der Waals surface area contributed by atoms with Gasteiger partial charge in [0.2, 0.25) is 0 Å². The van der Waals surface area contributed by atoms with Crippen molar-refractivity contribution in [2.75, 3.05) is 11.8 Å². The average Bonchev–Trinajstić information content (AvgIpc) is 3.05. The zero-order chi connectivity index (χ0) is 21.1. The van der Waals surface area contributed by atoms with Gasteiger partial charge in [0.05, 0.1) is 0 Å². The van der Waals surface area contributed by atoms with E-state index in [-0.39, 0.29) is 23.4 Å². The Labute approximate surface area is 182 Å². The van der Waals surface area contributed by atoms with Gasteiger partial charge in [-0.1, -0.05) is 13.8 Å². The van der Waals surface area contributed by atoms with Gasteiger partial charge in [-0.2, -0.15) is 0 Å². The molecule has 0 saturated heterocycles. The van der Waals surface area contributed by atoms with Crippen LogP contribution in [0.5, 0.6) is 0 Å². The van der Waals surface area contributed by atoms with Crippen LogP contribution in [-0.4, -0.2) is 27.9 Å². The van der Waals surface area contributed by atoms with E-state index in [1.54, 1.807) is 0 Å². The first-order valence-electron chi connectivity index (χ1n) is 10.2. The van der Waals surface area contributed by atoms with E-state index < -0.39 is 0 Å². The van der Waals surface area contributed by atoms with E-state index in [2.05, 4.69) is 11.5 Å². The predicted molar refractivity (Wildman–Crippen MR) is 123 cm³/mol. The maximum Gasteiger partial charge on any atom is 0.165 e. The molecular weight excluding hydrogens is 405 g/mol. The molecule has 0 spiro atoms. The number of halogens is 2. The fourth-order valence-electron chi connectivity index (χ4n) is 3.91. The molecule has 3 nitrogen and oxygen atoms in total. The minimum atomic E-state index is -0.113. The van der Waals surface area contributed by atoms with Crippen molar-refractivity contribution in [2.24, 2.45) is 11.8 Å². The zero-order valence-electron chi connectivity index (χ0n) is 17.2. The Bertz CT molecular complexity index is 973. The lowest BCUT2D eigenvalue weighted by atomic mass is 9.94. The third kappa shape index (κ3) is 4.22. The van der Waals surface area contributed by atoms with Gasteiger partial charge < -0.3 is 4.57 Å². The quantitative estimate of drug-likeness (QED) is 0.278. The predicted octanol–water partition coefficient (Wildman–Crippen LogP) is 6.71. The molecule has 2 unspecified atom stereocenters. The lowest BCUT2D eigenvalue weighted by Crippen LogP contribution is -2.12. The number of rotatable bonds is 9. The molecule has 0 bridgehead atoms. The first-order chi connectivity index (χ1) is 13.9. The van der Waals surface area contributed by atoms with Gasteiger partial charge in [-0.3, -0.25) is 9.59 Å². The third-order valence-electron chi connectivity index (χ3n) is 5.73. The number of hydrogen-bond acceptors (Lipinski definition) is 2. The van der Waals surface area contributed by atoms with Crippen LogP contribution in [0.25, 0.3) is 21.8 Å². The summed E-state index contributed by atoms with van der Waals surface area (Å²) in [6.07, 6.45) is 1.32. The second-order valence-corrected chi connectivity index (χ2v) is 8.45. The summed E-state index contributed by atoms with van der Waals surface area (Å²) in [5, 5.41) is 2.01. The van der Waals surface area contributed by atoms with Crippen LogP contribution >= 0.6 is 23.2 Å². The van der Waals surface area contributed by atoms with Crippen LogP contribution in [0.4, 0.5) is 0 Å². The molecular formula is C24H27Cl2NO2. The Balaban J connectivity index is 2.15. The molecule has 154 valence electrons. The van der Waals surface area contributed by atoms with Gasteiger partial charge in [-0.25, -0.2) is 0 Å². The summed E-state index contributed by atoms with van der Waals surface area (Å²) in [4.78, 5) is 25.6. The van der Waals surface area contributed by atoms with Crippen molar-refractivity contribution in [1.82, 2.24) is 4.57 Å². The molecule has 0 aliphatic heterocycles. The molecule has 0 N–H and O–H groups in total. The van der Waals surface area contributed by atoms with Gasteiger partial charge in [-0.15, -0.1) is 23.2 Å². The number of nitrogens with zero attached hydrogens (tertiary/aromatic N) is 1. The molecule has 0 radical (unpaired) electrons. The van der Waals surface area contributed by atoms with Gasteiger partial charge >= 0.3 is 0 Å². The van der Waals surface area contributed by atoms with E-state index >= 15 is 0 Å². The molecule has 29 heavy (non-hydrogen) atoms. The van der Waals surface area contributed by atoms with Crippen molar-refractivity contribution in [1.29, 1.82) is 0 Å². The van der Waals surface area contributed by atoms with Crippen molar-refractivity contribution in [3.8, 4) is 0 Å². The van der Waals surface area contributed by atoms with E-state index in [9.17, 15) is 9.59 Å². The Morgan fingerprint density at radius 1 is 0.828 bits per heavy atom. The van der Waals surface area contributed by atoms with Gasteiger partial charge in [0.1, 0.15) is 0 Å². The van der Waals surface area contributed by atoms with Crippen molar-refractivity contribution in [3.63, 3.8) is 0 Å². The van der Waals surface area contributed by atoms with Crippen LogP contribution in [0.1, 0.15) is 54.3 Å². The molecule has 2 atom stereocenters. The van der Waals surface area contributed by atoms with Crippen molar-refractivity contribution >= 4 is 56.6 Å². The van der Waals surface area contributed by atoms with Gasteiger partial charge in [0.15, 0.2) is 11.6 Å². The Morgan fingerprint density at radius 3 is 1.59 bits per heavy atom. The number of carbonyl (C=O) groups excluding carboxylic acids is 2. The number of aryl methyl sites for hydroxylation is 1. The van der Waals surface area contributed by atoms with Crippen molar-refractivity contribution in [3.05, 3.63) is 47.5 Å². The first-order valence-corrected chi connectivity index (χ1v) is 11.3. The van der Waals surface area contributed by atoms with E-state index in [4.69, 9.17) is 23.2 Å². The van der Waals surface area contributed by atoms with Gasteiger partial charge in [0.25, 0.3) is 0 Å². The highest BCUT2D eigenvalue weighted by Crippen LogP contribution is 2.32.